The first-order valence-electron chi connectivity index (χ1n) is 5.38. The van der Waals surface area contributed by atoms with Crippen LogP contribution in [0.3, 0.4) is 0 Å². The Morgan fingerprint density at radius 2 is 2.24 bits per heavy atom. The summed E-state index contributed by atoms with van der Waals surface area (Å²) in [4.78, 5) is 11.3. The molecule has 1 rings (SSSR count). The van der Waals surface area contributed by atoms with E-state index in [4.69, 9.17) is 15.2 Å². The second kappa shape index (κ2) is 6.75. The van der Waals surface area contributed by atoms with Gasteiger partial charge in [0.2, 0.25) is 0 Å². The van der Waals surface area contributed by atoms with Crippen LogP contribution in [0.25, 0.3) is 0 Å². The lowest BCUT2D eigenvalue weighted by Crippen LogP contribution is -2.31. The van der Waals surface area contributed by atoms with Crippen LogP contribution in [0.2, 0.25) is 0 Å². The summed E-state index contributed by atoms with van der Waals surface area (Å²) in [6.07, 6.45) is 0. The van der Waals surface area contributed by atoms with Crippen molar-refractivity contribution in [3.63, 3.8) is 0 Å². The molecule has 5 nitrogen and oxygen atoms in total. The zero-order valence-corrected chi connectivity index (χ0v) is 10.2. The maximum Gasteiger partial charge on any atom is 0.258 e. The molecule has 0 aliphatic carbocycles. The molecule has 1 amide bonds. The molecule has 5 heteroatoms. The molecule has 0 bridgehead atoms. The first-order valence-corrected chi connectivity index (χ1v) is 5.38. The average molecular weight is 238 g/mol. The van der Waals surface area contributed by atoms with Gasteiger partial charge in [0, 0.05) is 19.3 Å². The Balaban J connectivity index is 2.34. The third-order valence-corrected chi connectivity index (χ3v) is 2.24. The number of benzene rings is 1. The summed E-state index contributed by atoms with van der Waals surface area (Å²) >= 11 is 0. The number of nitrogens with one attached hydrogen (secondary N) is 1. The lowest BCUT2D eigenvalue weighted by atomic mass is 10.2. The maximum atomic E-state index is 11.3. The molecule has 0 aromatic heterocycles. The highest BCUT2D eigenvalue weighted by atomic mass is 16.5. The van der Waals surface area contributed by atoms with Gasteiger partial charge in [0.05, 0.1) is 6.61 Å². The Morgan fingerprint density at radius 1 is 1.47 bits per heavy atom. The zero-order chi connectivity index (χ0) is 12.7. The summed E-state index contributed by atoms with van der Waals surface area (Å²) in [7, 11) is 1.58. The minimum absolute atomic E-state index is 0.00687. The van der Waals surface area contributed by atoms with Gasteiger partial charge in [-0.15, -0.1) is 0 Å². The quantitative estimate of drug-likeness (QED) is 0.565. The monoisotopic (exact) mass is 238 g/mol. The van der Waals surface area contributed by atoms with Crippen LogP contribution in [0.5, 0.6) is 5.75 Å². The van der Waals surface area contributed by atoms with Crippen molar-refractivity contribution in [2.75, 3.05) is 32.6 Å². The smallest absolute Gasteiger partial charge is 0.258 e. The van der Waals surface area contributed by atoms with Crippen LogP contribution in [0, 0.1) is 6.92 Å². The summed E-state index contributed by atoms with van der Waals surface area (Å²) in [5, 5.41) is 2.67. The summed E-state index contributed by atoms with van der Waals surface area (Å²) in [6.45, 7) is 2.86. The van der Waals surface area contributed by atoms with E-state index in [1.54, 1.807) is 25.3 Å². The number of nitrogens with two attached hydrogens (primary N) is 1. The van der Waals surface area contributed by atoms with Gasteiger partial charge in [0.1, 0.15) is 5.75 Å². The minimum atomic E-state index is -0.170. The highest BCUT2D eigenvalue weighted by Crippen LogP contribution is 2.18. The molecule has 3 N–H and O–H groups in total. The molecule has 0 fully saturated rings. The summed E-state index contributed by atoms with van der Waals surface area (Å²) < 4.78 is 10.1. The van der Waals surface area contributed by atoms with E-state index in [0.717, 1.165) is 5.56 Å². The van der Waals surface area contributed by atoms with Gasteiger partial charge in [0.25, 0.3) is 5.91 Å². The lowest BCUT2D eigenvalue weighted by molar-refractivity contribution is -0.123. The number of methoxy groups -OCH3 is 1. The van der Waals surface area contributed by atoms with E-state index in [1.807, 2.05) is 6.92 Å². The Hall–Kier alpha value is -1.75. The number of nitrogen functional groups attached to an aromatic ring is 1. The molecule has 0 radical (unpaired) electrons. The maximum absolute atomic E-state index is 11.3. The third kappa shape index (κ3) is 4.74. The fourth-order valence-corrected chi connectivity index (χ4v) is 1.23. The molecular weight excluding hydrogens is 220 g/mol. The predicted molar refractivity (Wildman–Crippen MR) is 66.0 cm³/mol. The van der Waals surface area contributed by atoms with Crippen LogP contribution in [-0.4, -0.2) is 32.8 Å². The zero-order valence-electron chi connectivity index (χ0n) is 10.2. The third-order valence-electron chi connectivity index (χ3n) is 2.24. The van der Waals surface area contributed by atoms with Gasteiger partial charge in [-0.1, -0.05) is 0 Å². The highest BCUT2D eigenvalue weighted by Gasteiger charge is 2.03. The SMILES string of the molecule is COCCNC(=O)COc1ccc(N)c(C)c1. The van der Waals surface area contributed by atoms with Crippen molar-refractivity contribution in [1.82, 2.24) is 5.32 Å². The summed E-state index contributed by atoms with van der Waals surface area (Å²) in [5.41, 5.74) is 7.32. The molecule has 94 valence electrons. The largest absolute Gasteiger partial charge is 0.484 e. The Morgan fingerprint density at radius 3 is 2.88 bits per heavy atom. The number of amides is 1. The van der Waals surface area contributed by atoms with Gasteiger partial charge in [-0.3, -0.25) is 4.79 Å². The Labute approximate surface area is 101 Å². The van der Waals surface area contributed by atoms with Crippen LogP contribution in [-0.2, 0) is 9.53 Å². The predicted octanol–water partition coefficient (Wildman–Crippen LogP) is 0.719. The summed E-state index contributed by atoms with van der Waals surface area (Å²) in [5.74, 6) is 0.468. The molecule has 17 heavy (non-hydrogen) atoms. The highest BCUT2D eigenvalue weighted by molar-refractivity contribution is 5.77. The van der Waals surface area contributed by atoms with E-state index < -0.39 is 0 Å². The minimum Gasteiger partial charge on any atom is -0.484 e. The van der Waals surface area contributed by atoms with Crippen LogP contribution >= 0.6 is 0 Å². The number of hydrogen-bond acceptors (Lipinski definition) is 4. The van der Waals surface area contributed by atoms with Crippen molar-refractivity contribution >= 4 is 11.6 Å². The number of aryl methyl sites for hydroxylation is 1. The normalized spacial score (nSPS) is 10.0. The van der Waals surface area contributed by atoms with Crippen LogP contribution < -0.4 is 15.8 Å². The fourth-order valence-electron chi connectivity index (χ4n) is 1.23. The average Bonchev–Trinajstić information content (AvgIpc) is 2.31. The number of anilines is 1. The molecule has 0 aliphatic heterocycles. The first-order chi connectivity index (χ1) is 8.13. The van der Waals surface area contributed by atoms with Crippen LogP contribution in [0.1, 0.15) is 5.56 Å². The van der Waals surface area contributed by atoms with Crippen LogP contribution in [0.15, 0.2) is 18.2 Å². The standard InChI is InChI=1S/C12H18N2O3/c1-9-7-10(3-4-11(9)13)17-8-12(15)14-5-6-16-2/h3-4,7H,5-6,8,13H2,1-2H3,(H,14,15). The molecule has 0 heterocycles. The van der Waals surface area contributed by atoms with E-state index in [1.165, 1.54) is 0 Å². The number of ether oxygens (including phenoxy) is 2. The van der Waals surface area contributed by atoms with E-state index >= 15 is 0 Å². The van der Waals surface area contributed by atoms with Crippen molar-refractivity contribution in [3.8, 4) is 5.75 Å². The van der Waals surface area contributed by atoms with Gasteiger partial charge in [-0.05, 0) is 30.7 Å². The van der Waals surface area contributed by atoms with Gasteiger partial charge in [0.15, 0.2) is 6.61 Å². The molecule has 0 spiro atoms. The molecule has 0 saturated heterocycles. The molecule has 0 aliphatic rings. The van der Waals surface area contributed by atoms with Gasteiger partial charge in [-0.2, -0.15) is 0 Å². The second-order valence-electron chi connectivity index (χ2n) is 3.65. The summed E-state index contributed by atoms with van der Waals surface area (Å²) in [6, 6.07) is 5.30. The number of rotatable bonds is 6. The number of carbonyl (C=O) groups excluding carboxylic acids is 1. The van der Waals surface area contributed by atoms with Crippen molar-refractivity contribution in [2.24, 2.45) is 0 Å². The molecule has 0 unspecified atom stereocenters. The van der Waals surface area contributed by atoms with Gasteiger partial charge in [-0.25, -0.2) is 0 Å². The van der Waals surface area contributed by atoms with E-state index in [9.17, 15) is 4.79 Å². The van der Waals surface area contributed by atoms with Crippen molar-refractivity contribution < 1.29 is 14.3 Å². The Kier molecular flexibility index (Phi) is 5.29. The van der Waals surface area contributed by atoms with E-state index in [2.05, 4.69) is 5.32 Å². The topological polar surface area (TPSA) is 73.6 Å². The van der Waals surface area contributed by atoms with E-state index in [-0.39, 0.29) is 12.5 Å². The molecular formula is C12H18N2O3. The number of carbonyl (C=O) groups is 1. The van der Waals surface area contributed by atoms with Crippen molar-refractivity contribution in [1.29, 1.82) is 0 Å². The molecule has 1 aromatic rings. The first kappa shape index (κ1) is 13.3. The van der Waals surface area contributed by atoms with E-state index in [0.29, 0.717) is 24.6 Å². The fraction of sp³-hybridized carbons (Fsp3) is 0.417. The van der Waals surface area contributed by atoms with Gasteiger partial charge >= 0.3 is 0 Å². The van der Waals surface area contributed by atoms with Crippen molar-refractivity contribution in [3.05, 3.63) is 23.8 Å². The second-order valence-corrected chi connectivity index (χ2v) is 3.65. The van der Waals surface area contributed by atoms with Crippen molar-refractivity contribution in [2.45, 2.75) is 6.92 Å². The molecule has 0 atom stereocenters. The molecule has 0 saturated carbocycles. The number of hydrogen-bond donors (Lipinski definition) is 2. The molecule has 1 aromatic carbocycles. The Bertz CT molecular complexity index is 380. The van der Waals surface area contributed by atoms with Crippen LogP contribution in [0.4, 0.5) is 5.69 Å². The van der Waals surface area contributed by atoms with Gasteiger partial charge < -0.3 is 20.5 Å². The lowest BCUT2D eigenvalue weighted by Gasteiger charge is -2.08.